The molecule has 2 aromatic heterocycles. The Hall–Kier alpha value is -3.79. The molecule has 0 aliphatic heterocycles. The summed E-state index contributed by atoms with van der Waals surface area (Å²) in [5, 5.41) is 0. The van der Waals surface area contributed by atoms with Crippen molar-refractivity contribution < 1.29 is 21.9 Å². The highest BCUT2D eigenvalue weighted by Crippen LogP contribution is 2.24. The minimum absolute atomic E-state index is 0.182. The molecule has 152 valence electrons. The van der Waals surface area contributed by atoms with E-state index in [1.165, 1.54) is 30.6 Å². The lowest BCUT2D eigenvalue weighted by atomic mass is 10.3. The van der Waals surface area contributed by atoms with Gasteiger partial charge in [0.2, 0.25) is 5.88 Å². The van der Waals surface area contributed by atoms with Gasteiger partial charge < -0.3 is 9.30 Å². The van der Waals surface area contributed by atoms with E-state index in [0.717, 1.165) is 12.1 Å². The van der Waals surface area contributed by atoms with E-state index in [4.69, 9.17) is 4.74 Å². The monoisotopic (exact) mass is 428 g/mol. The molecular formula is C20H14F2N4O3S. The molecule has 2 aromatic carbocycles. The van der Waals surface area contributed by atoms with Crippen LogP contribution >= 0.6 is 0 Å². The number of anilines is 1. The summed E-state index contributed by atoms with van der Waals surface area (Å²) in [6, 6.07) is 13.6. The fourth-order valence-corrected chi connectivity index (χ4v) is 3.75. The van der Waals surface area contributed by atoms with Crippen LogP contribution in [0.15, 0.2) is 84.3 Å². The number of nitrogens with zero attached hydrogens (tertiary/aromatic N) is 3. The standard InChI is InChI=1S/C20H14F2N4O3S/c21-14-3-8-18(17(22)11-14)30(27,28)25-15-4-6-16(7-5-15)29-20-12-19(23-13-24-20)26-9-1-2-10-26/h1-13,25H. The number of halogens is 2. The SMILES string of the molecule is O=S(=O)(Nc1ccc(Oc2cc(-n3cccc3)ncn2)cc1)c1ccc(F)cc1F. The lowest BCUT2D eigenvalue weighted by Crippen LogP contribution is -2.14. The van der Waals surface area contributed by atoms with Crippen LogP contribution < -0.4 is 9.46 Å². The van der Waals surface area contributed by atoms with Crippen LogP contribution in [0, 0.1) is 11.6 Å². The summed E-state index contributed by atoms with van der Waals surface area (Å²) >= 11 is 0. The Morgan fingerprint density at radius 3 is 2.37 bits per heavy atom. The number of benzene rings is 2. The first-order valence-corrected chi connectivity index (χ1v) is 10.1. The number of hydrogen-bond donors (Lipinski definition) is 1. The molecule has 0 radical (unpaired) electrons. The van der Waals surface area contributed by atoms with Gasteiger partial charge in [-0.1, -0.05) is 0 Å². The largest absolute Gasteiger partial charge is 0.439 e. The zero-order valence-corrected chi connectivity index (χ0v) is 16.1. The maximum Gasteiger partial charge on any atom is 0.264 e. The van der Waals surface area contributed by atoms with E-state index in [0.29, 0.717) is 23.5 Å². The quantitative estimate of drug-likeness (QED) is 0.499. The first-order chi connectivity index (χ1) is 14.4. The third-order valence-electron chi connectivity index (χ3n) is 4.01. The Kier molecular flexibility index (Phi) is 5.15. The van der Waals surface area contributed by atoms with E-state index in [9.17, 15) is 17.2 Å². The molecular weight excluding hydrogens is 414 g/mol. The van der Waals surface area contributed by atoms with Crippen LogP contribution in [-0.2, 0) is 10.0 Å². The van der Waals surface area contributed by atoms with Gasteiger partial charge in [-0.3, -0.25) is 4.72 Å². The van der Waals surface area contributed by atoms with E-state index in [2.05, 4.69) is 14.7 Å². The normalized spacial score (nSPS) is 11.3. The Bertz CT molecular complexity index is 1280. The van der Waals surface area contributed by atoms with Crippen LogP contribution in [0.2, 0.25) is 0 Å². The molecule has 0 fully saturated rings. The molecule has 10 heteroatoms. The molecule has 0 unspecified atom stereocenters. The van der Waals surface area contributed by atoms with Crippen molar-refractivity contribution in [1.29, 1.82) is 0 Å². The topological polar surface area (TPSA) is 86.1 Å². The molecule has 0 atom stereocenters. The highest BCUT2D eigenvalue weighted by atomic mass is 32.2. The highest BCUT2D eigenvalue weighted by molar-refractivity contribution is 7.92. The molecule has 0 bridgehead atoms. The fourth-order valence-electron chi connectivity index (χ4n) is 2.63. The third-order valence-corrected chi connectivity index (χ3v) is 5.42. The summed E-state index contributed by atoms with van der Waals surface area (Å²) in [4.78, 5) is 7.56. The average Bonchev–Trinajstić information content (AvgIpc) is 3.24. The van der Waals surface area contributed by atoms with Crippen molar-refractivity contribution in [3.63, 3.8) is 0 Å². The van der Waals surface area contributed by atoms with Gasteiger partial charge in [-0.05, 0) is 48.5 Å². The van der Waals surface area contributed by atoms with E-state index in [-0.39, 0.29) is 5.69 Å². The van der Waals surface area contributed by atoms with Gasteiger partial charge in [0.1, 0.15) is 34.4 Å². The van der Waals surface area contributed by atoms with E-state index in [1.807, 2.05) is 24.5 Å². The van der Waals surface area contributed by atoms with Gasteiger partial charge in [0.15, 0.2) is 0 Å². The summed E-state index contributed by atoms with van der Waals surface area (Å²) in [5.41, 5.74) is 0.182. The molecule has 4 aromatic rings. The average molecular weight is 428 g/mol. The van der Waals surface area contributed by atoms with E-state index < -0.39 is 26.6 Å². The summed E-state index contributed by atoms with van der Waals surface area (Å²) in [5.74, 6) is -0.712. The smallest absolute Gasteiger partial charge is 0.264 e. The van der Waals surface area contributed by atoms with Crippen molar-refractivity contribution in [2.75, 3.05) is 4.72 Å². The van der Waals surface area contributed by atoms with Crippen LogP contribution in [0.3, 0.4) is 0 Å². The van der Waals surface area contributed by atoms with Gasteiger partial charge in [-0.2, -0.15) is 0 Å². The second-order valence-corrected chi connectivity index (χ2v) is 7.76. The summed E-state index contributed by atoms with van der Waals surface area (Å²) in [6.07, 6.45) is 5.03. The third kappa shape index (κ3) is 4.28. The molecule has 0 saturated heterocycles. The van der Waals surface area contributed by atoms with Crippen molar-refractivity contribution in [1.82, 2.24) is 14.5 Å². The van der Waals surface area contributed by atoms with Gasteiger partial charge in [0, 0.05) is 30.2 Å². The molecule has 0 aliphatic rings. The molecule has 2 heterocycles. The molecule has 4 rings (SSSR count). The number of nitrogens with one attached hydrogen (secondary N) is 1. The first kappa shape index (κ1) is 19.5. The number of ether oxygens (including phenoxy) is 1. The summed E-state index contributed by atoms with van der Waals surface area (Å²) in [7, 11) is -4.22. The van der Waals surface area contributed by atoms with Crippen LogP contribution in [0.5, 0.6) is 11.6 Å². The second-order valence-electron chi connectivity index (χ2n) is 6.11. The molecule has 0 saturated carbocycles. The zero-order valence-electron chi connectivity index (χ0n) is 15.2. The van der Waals surface area contributed by atoms with Crippen molar-refractivity contribution in [3.05, 3.63) is 91.0 Å². The van der Waals surface area contributed by atoms with Crippen LogP contribution in [0.4, 0.5) is 14.5 Å². The van der Waals surface area contributed by atoms with Gasteiger partial charge >= 0.3 is 0 Å². The number of sulfonamides is 1. The fraction of sp³-hybridized carbons (Fsp3) is 0. The lowest BCUT2D eigenvalue weighted by molar-refractivity contribution is 0.461. The minimum atomic E-state index is -4.22. The van der Waals surface area contributed by atoms with Crippen molar-refractivity contribution in [3.8, 4) is 17.4 Å². The highest BCUT2D eigenvalue weighted by Gasteiger charge is 2.19. The van der Waals surface area contributed by atoms with Crippen LogP contribution in [-0.4, -0.2) is 23.0 Å². The van der Waals surface area contributed by atoms with E-state index in [1.54, 1.807) is 10.6 Å². The zero-order chi connectivity index (χ0) is 21.1. The van der Waals surface area contributed by atoms with Crippen LogP contribution in [0.25, 0.3) is 5.82 Å². The Balaban J connectivity index is 1.49. The molecule has 30 heavy (non-hydrogen) atoms. The van der Waals surface area contributed by atoms with Gasteiger partial charge in [0.05, 0.1) is 0 Å². The summed E-state index contributed by atoms with van der Waals surface area (Å²) in [6.45, 7) is 0. The predicted octanol–water partition coefficient (Wildman–Crippen LogP) is 4.14. The number of rotatable bonds is 6. The number of aromatic nitrogens is 3. The van der Waals surface area contributed by atoms with Crippen LogP contribution in [0.1, 0.15) is 0 Å². The maximum absolute atomic E-state index is 13.8. The summed E-state index contributed by atoms with van der Waals surface area (Å²) < 4.78 is 61.2. The molecule has 1 N–H and O–H groups in total. The molecule has 0 aliphatic carbocycles. The van der Waals surface area contributed by atoms with Gasteiger partial charge in [-0.15, -0.1) is 0 Å². The maximum atomic E-state index is 13.8. The van der Waals surface area contributed by atoms with Crippen molar-refractivity contribution >= 4 is 15.7 Å². The molecule has 0 amide bonds. The molecule has 0 spiro atoms. The first-order valence-electron chi connectivity index (χ1n) is 8.62. The van der Waals surface area contributed by atoms with Crippen molar-refractivity contribution in [2.24, 2.45) is 0 Å². The Morgan fingerprint density at radius 2 is 1.67 bits per heavy atom. The lowest BCUT2D eigenvalue weighted by Gasteiger charge is -2.10. The van der Waals surface area contributed by atoms with Crippen molar-refractivity contribution in [2.45, 2.75) is 4.90 Å². The van der Waals surface area contributed by atoms with Gasteiger partial charge in [0.25, 0.3) is 10.0 Å². The molecule has 7 nitrogen and oxygen atoms in total. The van der Waals surface area contributed by atoms with Gasteiger partial charge in [-0.25, -0.2) is 27.2 Å². The Labute approximate surface area is 170 Å². The predicted molar refractivity (Wildman–Crippen MR) is 105 cm³/mol. The second kappa shape index (κ2) is 7.91. The van der Waals surface area contributed by atoms with E-state index >= 15 is 0 Å². The number of hydrogen-bond acceptors (Lipinski definition) is 5. The minimum Gasteiger partial charge on any atom is -0.439 e. The Morgan fingerprint density at radius 1 is 0.933 bits per heavy atom.